The molecule has 0 spiro atoms. The molecular weight excluding hydrogens is 701 g/mol. The fourth-order valence-corrected chi connectivity index (χ4v) is 8.88. The summed E-state index contributed by atoms with van der Waals surface area (Å²) in [6.07, 6.45) is 0. The highest BCUT2D eigenvalue weighted by Crippen LogP contribution is 2.43. The van der Waals surface area contributed by atoms with E-state index in [4.69, 9.17) is 0 Å². The molecular formula is C56H38N2. The summed E-state index contributed by atoms with van der Waals surface area (Å²) in [5.41, 5.74) is 14.1. The zero-order valence-corrected chi connectivity index (χ0v) is 31.8. The highest BCUT2D eigenvalue weighted by molar-refractivity contribution is 6.10. The number of nitrogens with zero attached hydrogens (tertiary/aromatic N) is 2. The number of aromatic nitrogens is 1. The number of rotatable bonds is 7. The first-order valence-corrected chi connectivity index (χ1v) is 19.9. The van der Waals surface area contributed by atoms with Crippen LogP contribution in [0.2, 0.25) is 0 Å². The van der Waals surface area contributed by atoms with Crippen molar-refractivity contribution in [2.24, 2.45) is 0 Å². The lowest BCUT2D eigenvalue weighted by molar-refractivity contribution is 1.18. The molecule has 0 fully saturated rings. The molecule has 272 valence electrons. The molecule has 0 radical (unpaired) electrons. The van der Waals surface area contributed by atoms with Gasteiger partial charge >= 0.3 is 0 Å². The third-order valence-corrected chi connectivity index (χ3v) is 11.6. The largest absolute Gasteiger partial charge is 0.310 e. The van der Waals surface area contributed by atoms with E-state index in [1.807, 2.05) is 0 Å². The summed E-state index contributed by atoms with van der Waals surface area (Å²) in [4.78, 5) is 2.37. The molecule has 0 unspecified atom stereocenters. The van der Waals surface area contributed by atoms with Gasteiger partial charge in [-0.15, -0.1) is 0 Å². The van der Waals surface area contributed by atoms with Gasteiger partial charge in [-0.1, -0.05) is 176 Å². The second-order valence-electron chi connectivity index (χ2n) is 14.9. The van der Waals surface area contributed by atoms with Crippen LogP contribution < -0.4 is 4.90 Å². The first kappa shape index (κ1) is 33.6. The summed E-state index contributed by atoms with van der Waals surface area (Å²) < 4.78 is 2.44. The molecule has 58 heavy (non-hydrogen) atoms. The van der Waals surface area contributed by atoms with Gasteiger partial charge < -0.3 is 9.47 Å². The quantitative estimate of drug-likeness (QED) is 0.158. The molecule has 11 rings (SSSR count). The second-order valence-corrected chi connectivity index (χ2v) is 14.9. The summed E-state index contributed by atoms with van der Waals surface area (Å²) >= 11 is 0. The Hall–Kier alpha value is -7.68. The standard InChI is InChI=1S/C56H38N2/c1-2-16-43(17-3-1)56-50(24-13-27-55(56)58-53-25-10-8-21-51(53)52-22-9-11-26-54(52)58)42-31-35-46(36-32-42)57(47-37-28-39-14-4-5-18-44(39)38-47)45-33-29-41(30-34-45)49-23-12-19-40-15-6-7-20-48(40)49/h1-38H. The molecule has 0 amide bonds. The molecule has 10 aromatic carbocycles. The highest BCUT2D eigenvalue weighted by atomic mass is 15.1. The summed E-state index contributed by atoms with van der Waals surface area (Å²) in [6, 6.07) is 83.7. The zero-order valence-electron chi connectivity index (χ0n) is 31.8. The number of benzene rings is 10. The van der Waals surface area contributed by atoms with Crippen molar-refractivity contribution in [3.8, 4) is 39.1 Å². The van der Waals surface area contributed by atoms with Crippen LogP contribution in [-0.4, -0.2) is 4.57 Å². The highest BCUT2D eigenvalue weighted by Gasteiger charge is 2.20. The summed E-state index contributed by atoms with van der Waals surface area (Å²) in [5, 5.41) is 7.46. The van der Waals surface area contributed by atoms with E-state index in [0.717, 1.165) is 28.3 Å². The lowest BCUT2D eigenvalue weighted by Crippen LogP contribution is -2.10. The Morgan fingerprint density at radius 3 is 1.48 bits per heavy atom. The Morgan fingerprint density at radius 2 is 0.793 bits per heavy atom. The third-order valence-electron chi connectivity index (χ3n) is 11.6. The second kappa shape index (κ2) is 14.1. The van der Waals surface area contributed by atoms with Crippen LogP contribution in [0.3, 0.4) is 0 Å². The van der Waals surface area contributed by atoms with Crippen molar-refractivity contribution in [2.45, 2.75) is 0 Å². The van der Waals surface area contributed by atoms with Crippen LogP contribution in [0.4, 0.5) is 17.1 Å². The van der Waals surface area contributed by atoms with Crippen LogP contribution in [0, 0.1) is 0 Å². The van der Waals surface area contributed by atoms with Gasteiger partial charge in [-0.25, -0.2) is 0 Å². The maximum atomic E-state index is 2.44. The van der Waals surface area contributed by atoms with Gasteiger partial charge in [0.15, 0.2) is 0 Å². The predicted molar refractivity (Wildman–Crippen MR) is 247 cm³/mol. The Bertz CT molecular complexity index is 3210. The molecule has 1 heterocycles. The van der Waals surface area contributed by atoms with Crippen molar-refractivity contribution >= 4 is 60.4 Å². The smallest absolute Gasteiger partial charge is 0.0546 e. The van der Waals surface area contributed by atoms with E-state index in [-0.39, 0.29) is 0 Å². The van der Waals surface area contributed by atoms with E-state index < -0.39 is 0 Å². The number of fused-ring (bicyclic) bond motifs is 5. The van der Waals surface area contributed by atoms with Gasteiger partial charge in [0, 0.05) is 33.4 Å². The van der Waals surface area contributed by atoms with Gasteiger partial charge in [0.25, 0.3) is 0 Å². The van der Waals surface area contributed by atoms with Crippen LogP contribution in [0.15, 0.2) is 231 Å². The van der Waals surface area contributed by atoms with Crippen molar-refractivity contribution in [3.63, 3.8) is 0 Å². The Morgan fingerprint density at radius 1 is 0.293 bits per heavy atom. The lowest BCUT2D eigenvalue weighted by atomic mass is 9.92. The molecule has 0 atom stereocenters. The van der Waals surface area contributed by atoms with Crippen molar-refractivity contribution < 1.29 is 0 Å². The first-order chi connectivity index (χ1) is 28.8. The maximum absolute atomic E-state index is 2.44. The summed E-state index contributed by atoms with van der Waals surface area (Å²) in [5.74, 6) is 0. The topological polar surface area (TPSA) is 8.17 Å². The average Bonchev–Trinajstić information content (AvgIpc) is 3.64. The van der Waals surface area contributed by atoms with Crippen molar-refractivity contribution in [2.75, 3.05) is 4.90 Å². The third kappa shape index (κ3) is 5.74. The fraction of sp³-hybridized carbons (Fsp3) is 0. The van der Waals surface area contributed by atoms with Crippen LogP contribution in [0.5, 0.6) is 0 Å². The molecule has 0 aliphatic heterocycles. The monoisotopic (exact) mass is 738 g/mol. The van der Waals surface area contributed by atoms with Crippen molar-refractivity contribution in [3.05, 3.63) is 231 Å². The lowest BCUT2D eigenvalue weighted by Gasteiger charge is -2.26. The molecule has 1 aromatic heterocycles. The van der Waals surface area contributed by atoms with Crippen LogP contribution in [0.1, 0.15) is 0 Å². The van der Waals surface area contributed by atoms with E-state index in [9.17, 15) is 0 Å². The fourth-order valence-electron chi connectivity index (χ4n) is 8.88. The SMILES string of the molecule is c1ccc(-c2c(-c3ccc(N(c4ccc(-c5cccc6ccccc56)cc4)c4ccc5ccccc5c4)cc3)cccc2-n2c3ccccc3c3ccccc32)cc1. The van der Waals surface area contributed by atoms with Crippen LogP contribution in [0.25, 0.3) is 82.4 Å². The normalized spacial score (nSPS) is 11.4. The van der Waals surface area contributed by atoms with E-state index in [2.05, 4.69) is 240 Å². The molecule has 2 nitrogen and oxygen atoms in total. The van der Waals surface area contributed by atoms with E-state index in [0.29, 0.717) is 0 Å². The molecule has 2 heteroatoms. The van der Waals surface area contributed by atoms with Gasteiger partial charge in [-0.3, -0.25) is 0 Å². The Labute approximate surface area is 338 Å². The van der Waals surface area contributed by atoms with Crippen molar-refractivity contribution in [1.29, 1.82) is 0 Å². The summed E-state index contributed by atoms with van der Waals surface area (Å²) in [7, 11) is 0. The minimum atomic E-state index is 1.09. The van der Waals surface area contributed by atoms with Gasteiger partial charge in [-0.05, 0) is 104 Å². The number of hydrogen-bond donors (Lipinski definition) is 0. The predicted octanol–water partition coefficient (Wildman–Crippen LogP) is 15.6. The number of anilines is 3. The van der Waals surface area contributed by atoms with Crippen molar-refractivity contribution in [1.82, 2.24) is 4.57 Å². The van der Waals surface area contributed by atoms with Gasteiger partial charge in [-0.2, -0.15) is 0 Å². The summed E-state index contributed by atoms with van der Waals surface area (Å²) in [6.45, 7) is 0. The van der Waals surface area contributed by atoms with E-state index in [1.165, 1.54) is 71.2 Å². The van der Waals surface area contributed by atoms with Gasteiger partial charge in [0.1, 0.15) is 0 Å². The van der Waals surface area contributed by atoms with E-state index >= 15 is 0 Å². The average molecular weight is 739 g/mol. The molecule has 0 saturated heterocycles. The van der Waals surface area contributed by atoms with E-state index in [1.54, 1.807) is 0 Å². The maximum Gasteiger partial charge on any atom is 0.0546 e. The number of hydrogen-bond acceptors (Lipinski definition) is 1. The molecule has 0 aliphatic carbocycles. The first-order valence-electron chi connectivity index (χ1n) is 19.9. The van der Waals surface area contributed by atoms with Gasteiger partial charge in [0.05, 0.1) is 16.7 Å². The van der Waals surface area contributed by atoms with Crippen LogP contribution in [-0.2, 0) is 0 Å². The Balaban J connectivity index is 1.05. The molecule has 0 bridgehead atoms. The molecule has 11 aromatic rings. The zero-order chi connectivity index (χ0) is 38.4. The Kier molecular flexibility index (Phi) is 8.19. The molecule has 0 N–H and O–H groups in total. The molecule has 0 aliphatic rings. The van der Waals surface area contributed by atoms with Gasteiger partial charge in [0.2, 0.25) is 0 Å². The minimum absolute atomic E-state index is 1.09. The number of para-hydroxylation sites is 2. The molecule has 0 saturated carbocycles. The minimum Gasteiger partial charge on any atom is -0.310 e. The van der Waals surface area contributed by atoms with Crippen LogP contribution >= 0.6 is 0 Å².